The summed E-state index contributed by atoms with van der Waals surface area (Å²) < 4.78 is 11.3. The summed E-state index contributed by atoms with van der Waals surface area (Å²) in [5.41, 5.74) is 1.80. The molecule has 12 heteroatoms. The molecule has 0 saturated carbocycles. The molecule has 12 nitrogen and oxygen atoms in total. The Morgan fingerprint density at radius 1 is 1.15 bits per heavy atom. The van der Waals surface area contributed by atoms with Crippen LogP contribution in [0.4, 0.5) is 5.69 Å². The van der Waals surface area contributed by atoms with Crippen molar-refractivity contribution in [3.8, 4) is 11.6 Å². The molecule has 0 radical (unpaired) electrons. The molecule has 5 heterocycles. The highest BCUT2D eigenvalue weighted by atomic mass is 16.5. The Morgan fingerprint density at radius 2 is 2.00 bits per heavy atom. The van der Waals surface area contributed by atoms with E-state index in [1.165, 1.54) is 9.70 Å². The lowest BCUT2D eigenvalue weighted by atomic mass is 10.0. The summed E-state index contributed by atoms with van der Waals surface area (Å²) in [5, 5.41) is 16.3. The highest BCUT2D eigenvalue weighted by Gasteiger charge is 2.34. The first-order valence-corrected chi connectivity index (χ1v) is 13.4. The largest absolute Gasteiger partial charge is 0.458 e. The van der Waals surface area contributed by atoms with Crippen LogP contribution in [0.1, 0.15) is 30.2 Å². The van der Waals surface area contributed by atoms with Gasteiger partial charge < -0.3 is 14.5 Å². The van der Waals surface area contributed by atoms with Crippen LogP contribution in [0.5, 0.6) is 0 Å². The predicted molar refractivity (Wildman–Crippen MR) is 148 cm³/mol. The fraction of sp³-hybridized carbons (Fsp3) is 0.276. The maximum atomic E-state index is 14.1. The lowest BCUT2D eigenvalue weighted by molar-refractivity contribution is -0.127. The number of hydrogen-bond donors (Lipinski definition) is 1. The van der Waals surface area contributed by atoms with E-state index in [1.807, 2.05) is 37.3 Å². The van der Waals surface area contributed by atoms with Gasteiger partial charge in [0.1, 0.15) is 18.3 Å². The fourth-order valence-electron chi connectivity index (χ4n) is 4.87. The number of para-hydroxylation sites is 1. The summed E-state index contributed by atoms with van der Waals surface area (Å²) in [5.74, 6) is 0.614. The third kappa shape index (κ3) is 5.82. The molecule has 0 unspecified atom stereocenters. The van der Waals surface area contributed by atoms with Crippen molar-refractivity contribution in [3.63, 3.8) is 0 Å². The summed E-state index contributed by atoms with van der Waals surface area (Å²) in [6.45, 7) is 2.55. The van der Waals surface area contributed by atoms with Crippen molar-refractivity contribution in [2.24, 2.45) is 0 Å². The maximum absolute atomic E-state index is 14.1. The van der Waals surface area contributed by atoms with Gasteiger partial charge in [-0.05, 0) is 66.9 Å². The van der Waals surface area contributed by atoms with Gasteiger partial charge >= 0.3 is 0 Å². The minimum atomic E-state index is -1.02. The molecule has 1 aliphatic heterocycles. The molecule has 6 rings (SSSR count). The molecule has 41 heavy (non-hydrogen) atoms. The first-order valence-electron chi connectivity index (χ1n) is 13.4. The molecule has 1 N–H and O–H groups in total. The molecule has 208 valence electrons. The number of ether oxygens (including phenoxy) is 1. The van der Waals surface area contributed by atoms with Crippen molar-refractivity contribution in [1.29, 1.82) is 0 Å². The average Bonchev–Trinajstić information content (AvgIpc) is 3.77. The minimum Gasteiger partial charge on any atom is -0.458 e. The van der Waals surface area contributed by atoms with E-state index >= 15 is 0 Å². The number of furan rings is 1. The number of anilines is 1. The van der Waals surface area contributed by atoms with Crippen molar-refractivity contribution >= 4 is 28.4 Å². The molecule has 2 amide bonds. The van der Waals surface area contributed by atoms with Crippen molar-refractivity contribution < 1.29 is 18.7 Å². The highest BCUT2D eigenvalue weighted by molar-refractivity contribution is 6.02. The number of aromatic nitrogens is 6. The number of nitrogens with one attached hydrogen (secondary N) is 1. The van der Waals surface area contributed by atoms with Crippen molar-refractivity contribution in [2.75, 3.05) is 18.1 Å². The Bertz CT molecular complexity index is 1660. The zero-order valence-electron chi connectivity index (χ0n) is 22.4. The molecular formula is C29H28N8O4. The Balaban J connectivity index is 1.37. The first-order chi connectivity index (χ1) is 20.0. The lowest BCUT2D eigenvalue weighted by Gasteiger charge is -2.31. The molecule has 5 aromatic rings. The van der Waals surface area contributed by atoms with E-state index in [1.54, 1.807) is 42.9 Å². The number of carbonyl (C=O) groups excluding carboxylic acids is 2. The van der Waals surface area contributed by atoms with E-state index in [4.69, 9.17) is 9.15 Å². The second-order valence-corrected chi connectivity index (χ2v) is 9.77. The molecule has 0 spiro atoms. The van der Waals surface area contributed by atoms with Crippen LogP contribution in [0.15, 0.2) is 77.6 Å². The monoisotopic (exact) mass is 552 g/mol. The van der Waals surface area contributed by atoms with E-state index in [2.05, 4.69) is 30.7 Å². The number of aryl methyl sites for hydroxylation is 1. The number of amides is 2. The van der Waals surface area contributed by atoms with Crippen LogP contribution in [0.3, 0.4) is 0 Å². The van der Waals surface area contributed by atoms with Crippen LogP contribution in [-0.2, 0) is 20.9 Å². The van der Waals surface area contributed by atoms with E-state index < -0.39 is 11.9 Å². The number of nitrogens with zero attached hydrogens (tertiary/aromatic N) is 7. The number of benzene rings is 1. The summed E-state index contributed by atoms with van der Waals surface area (Å²) in [6.07, 6.45) is 6.53. The molecular weight excluding hydrogens is 524 g/mol. The third-order valence-corrected chi connectivity index (χ3v) is 6.87. The zero-order chi connectivity index (χ0) is 28.2. The summed E-state index contributed by atoms with van der Waals surface area (Å²) in [7, 11) is 0. The van der Waals surface area contributed by atoms with Gasteiger partial charge in [-0.15, -0.1) is 10.2 Å². The fourth-order valence-corrected chi connectivity index (χ4v) is 4.87. The maximum Gasteiger partial charge on any atom is 0.251 e. The van der Waals surface area contributed by atoms with Crippen molar-refractivity contribution in [2.45, 2.75) is 38.5 Å². The molecule has 0 bridgehead atoms. The Kier molecular flexibility index (Phi) is 7.46. The zero-order valence-corrected chi connectivity index (χ0v) is 22.4. The minimum absolute atomic E-state index is 0.0634. The molecule has 4 aromatic heterocycles. The van der Waals surface area contributed by atoms with Crippen molar-refractivity contribution in [3.05, 3.63) is 84.5 Å². The van der Waals surface area contributed by atoms with Gasteiger partial charge in [0.15, 0.2) is 5.76 Å². The Morgan fingerprint density at radius 3 is 2.78 bits per heavy atom. The quantitative estimate of drug-likeness (QED) is 0.292. The number of tetrazole rings is 1. The van der Waals surface area contributed by atoms with Crippen LogP contribution < -0.4 is 10.2 Å². The summed E-state index contributed by atoms with van der Waals surface area (Å²) >= 11 is 0. The van der Waals surface area contributed by atoms with Crippen LogP contribution in [0, 0.1) is 6.92 Å². The second-order valence-electron chi connectivity index (χ2n) is 9.77. The second kappa shape index (κ2) is 11.6. The van der Waals surface area contributed by atoms with E-state index in [9.17, 15) is 9.59 Å². The normalized spacial score (nSPS) is 15.6. The van der Waals surface area contributed by atoms with Gasteiger partial charge in [-0.1, -0.05) is 18.2 Å². The van der Waals surface area contributed by atoms with Crippen LogP contribution >= 0.6 is 0 Å². The molecule has 1 aliphatic rings. The van der Waals surface area contributed by atoms with Gasteiger partial charge in [-0.2, -0.15) is 4.80 Å². The van der Waals surface area contributed by atoms with E-state index in [-0.39, 0.29) is 24.4 Å². The Hall–Kier alpha value is -4.97. The molecule has 1 fully saturated rings. The van der Waals surface area contributed by atoms with Gasteiger partial charge in [0.2, 0.25) is 11.7 Å². The Labute approximate surface area is 235 Å². The average molecular weight is 553 g/mol. The van der Waals surface area contributed by atoms with E-state index in [0.717, 1.165) is 23.7 Å². The van der Waals surface area contributed by atoms with Gasteiger partial charge in [-0.25, -0.2) is 0 Å². The van der Waals surface area contributed by atoms with Crippen LogP contribution in [0.2, 0.25) is 0 Å². The SMILES string of the molecule is Cc1ccc(-c2nnn(CC(=O)N(c3cnc4ccccc4c3)[C@H](C(=O)NC[C@H]3CCCO3)c3ccncc3)n2)o1. The lowest BCUT2D eigenvalue weighted by Crippen LogP contribution is -2.46. The number of rotatable bonds is 9. The third-order valence-electron chi connectivity index (χ3n) is 6.87. The van der Waals surface area contributed by atoms with Gasteiger partial charge in [0.25, 0.3) is 5.91 Å². The molecule has 1 aromatic carbocycles. The van der Waals surface area contributed by atoms with Gasteiger partial charge in [0.05, 0.1) is 23.5 Å². The van der Waals surface area contributed by atoms with Crippen LogP contribution in [0.25, 0.3) is 22.5 Å². The van der Waals surface area contributed by atoms with Gasteiger partial charge in [-0.3, -0.25) is 24.5 Å². The molecule has 0 aliphatic carbocycles. The summed E-state index contributed by atoms with van der Waals surface area (Å²) in [6, 6.07) is 15.4. The summed E-state index contributed by atoms with van der Waals surface area (Å²) in [4.78, 5) is 39.3. The van der Waals surface area contributed by atoms with Crippen molar-refractivity contribution in [1.82, 2.24) is 35.5 Å². The molecule has 2 atom stereocenters. The molecule has 1 saturated heterocycles. The topological polar surface area (TPSA) is 141 Å². The number of fused-ring (bicyclic) bond motifs is 1. The smallest absolute Gasteiger partial charge is 0.251 e. The standard InChI is InChI=1S/C29H28N8O4/c1-19-8-9-25(41-19)28-33-35-36(34-28)18-26(38)37(22-15-21-5-2-3-7-24(21)31-16-22)27(20-10-12-30-13-11-20)29(39)32-17-23-6-4-14-40-23/h2-3,5,7-13,15-16,23,27H,4,6,14,17-18H2,1H3,(H,32,39)/t23-,27+/m1/s1. The highest BCUT2D eigenvalue weighted by Crippen LogP contribution is 2.30. The number of pyridine rings is 2. The first kappa shape index (κ1) is 26.3. The van der Waals surface area contributed by atoms with Crippen LogP contribution in [-0.4, -0.2) is 61.2 Å². The number of hydrogen-bond acceptors (Lipinski definition) is 9. The van der Waals surface area contributed by atoms with Gasteiger partial charge in [0, 0.05) is 30.9 Å². The van der Waals surface area contributed by atoms with E-state index in [0.29, 0.717) is 35.9 Å². The predicted octanol–water partition coefficient (Wildman–Crippen LogP) is 3.25. The number of carbonyl (C=O) groups is 2.